The maximum Gasteiger partial charge on any atom is 0.343 e. The van der Waals surface area contributed by atoms with Gasteiger partial charge in [0.25, 0.3) is 5.56 Å². The van der Waals surface area contributed by atoms with E-state index in [1.54, 1.807) is 23.8 Å². The predicted molar refractivity (Wildman–Crippen MR) is 99.3 cm³/mol. The van der Waals surface area contributed by atoms with Gasteiger partial charge in [0.1, 0.15) is 11.1 Å². The minimum Gasteiger partial charge on any atom is -0.462 e. The second kappa shape index (κ2) is 6.31. The van der Waals surface area contributed by atoms with Crippen molar-refractivity contribution in [3.05, 3.63) is 63.7 Å². The van der Waals surface area contributed by atoms with Gasteiger partial charge in [0.15, 0.2) is 11.2 Å². The Morgan fingerprint density at radius 1 is 1.19 bits per heavy atom. The number of benzene rings is 1. The maximum atomic E-state index is 13.0. The van der Waals surface area contributed by atoms with E-state index in [2.05, 4.69) is 15.3 Å². The highest BCUT2D eigenvalue weighted by atomic mass is 16.5. The number of carbonyl (C=O) groups excluding carboxylic acids is 1. The van der Waals surface area contributed by atoms with Gasteiger partial charge in [0.2, 0.25) is 0 Å². The van der Waals surface area contributed by atoms with Crippen molar-refractivity contribution in [1.82, 2.24) is 24.4 Å². The summed E-state index contributed by atoms with van der Waals surface area (Å²) in [6, 6.07) is 7.65. The fourth-order valence-electron chi connectivity index (χ4n) is 3.01. The first-order valence-corrected chi connectivity index (χ1v) is 8.51. The van der Waals surface area contributed by atoms with E-state index in [4.69, 9.17) is 4.74 Å². The van der Waals surface area contributed by atoms with Crippen LogP contribution in [-0.4, -0.2) is 37.0 Å². The molecule has 0 amide bonds. The molecule has 3 heterocycles. The van der Waals surface area contributed by atoms with Crippen LogP contribution in [0.15, 0.2) is 41.5 Å². The number of hydrogen-bond donors (Lipinski definition) is 0. The van der Waals surface area contributed by atoms with E-state index in [1.807, 2.05) is 32.0 Å². The molecule has 1 aromatic carbocycles. The smallest absolute Gasteiger partial charge is 0.343 e. The highest BCUT2D eigenvalue weighted by molar-refractivity contribution is 5.96. The lowest BCUT2D eigenvalue weighted by Gasteiger charge is -2.11. The summed E-state index contributed by atoms with van der Waals surface area (Å²) < 4.78 is 7.98. The standard InChI is InChI=1S/C19H17N5O3/c1-4-27-19(26)13-10-20-24-14-7-8-23(15-9-11(2)5-6-12(15)3)18(25)16(14)21-22-17(13)24/h5-10H,4H2,1-3H3. The zero-order valence-corrected chi connectivity index (χ0v) is 15.1. The first kappa shape index (κ1) is 16.9. The maximum absolute atomic E-state index is 13.0. The van der Waals surface area contributed by atoms with Crippen molar-refractivity contribution in [2.75, 3.05) is 6.61 Å². The van der Waals surface area contributed by atoms with Gasteiger partial charge in [0.05, 0.1) is 18.5 Å². The van der Waals surface area contributed by atoms with Crippen molar-refractivity contribution in [2.24, 2.45) is 0 Å². The van der Waals surface area contributed by atoms with Gasteiger partial charge in [-0.25, -0.2) is 9.31 Å². The highest BCUT2D eigenvalue weighted by Gasteiger charge is 2.19. The molecule has 0 aliphatic heterocycles. The van der Waals surface area contributed by atoms with Crippen LogP contribution in [0.5, 0.6) is 0 Å². The van der Waals surface area contributed by atoms with Crippen LogP contribution in [0.3, 0.4) is 0 Å². The molecule has 8 heteroatoms. The average molecular weight is 363 g/mol. The first-order valence-electron chi connectivity index (χ1n) is 8.51. The van der Waals surface area contributed by atoms with Crippen molar-refractivity contribution in [3.63, 3.8) is 0 Å². The van der Waals surface area contributed by atoms with Crippen LogP contribution < -0.4 is 5.56 Å². The van der Waals surface area contributed by atoms with E-state index in [9.17, 15) is 9.59 Å². The fraction of sp³-hybridized carbons (Fsp3) is 0.211. The molecule has 0 aliphatic carbocycles. The summed E-state index contributed by atoms with van der Waals surface area (Å²) in [6.07, 6.45) is 3.05. The third kappa shape index (κ3) is 2.66. The molecule has 0 unspecified atom stereocenters. The van der Waals surface area contributed by atoms with Crippen molar-refractivity contribution >= 4 is 22.6 Å². The van der Waals surface area contributed by atoms with E-state index in [1.165, 1.54) is 10.7 Å². The second-order valence-electron chi connectivity index (χ2n) is 6.23. The van der Waals surface area contributed by atoms with Gasteiger partial charge in [-0.3, -0.25) is 9.36 Å². The first-order chi connectivity index (χ1) is 13.0. The van der Waals surface area contributed by atoms with Crippen LogP contribution in [0.1, 0.15) is 28.4 Å². The number of rotatable bonds is 3. The summed E-state index contributed by atoms with van der Waals surface area (Å²) in [6.45, 7) is 5.89. The molecular formula is C19H17N5O3. The quantitative estimate of drug-likeness (QED) is 0.518. The number of aromatic nitrogens is 5. The van der Waals surface area contributed by atoms with E-state index >= 15 is 0 Å². The molecule has 27 heavy (non-hydrogen) atoms. The molecule has 0 bridgehead atoms. The third-order valence-corrected chi connectivity index (χ3v) is 4.38. The number of aryl methyl sites for hydroxylation is 2. The highest BCUT2D eigenvalue weighted by Crippen LogP contribution is 2.17. The van der Waals surface area contributed by atoms with Crippen LogP contribution >= 0.6 is 0 Å². The lowest BCUT2D eigenvalue weighted by atomic mass is 10.1. The fourth-order valence-corrected chi connectivity index (χ4v) is 3.01. The second-order valence-corrected chi connectivity index (χ2v) is 6.23. The Labute approximate surface area is 154 Å². The molecule has 3 aromatic heterocycles. The molecule has 0 radical (unpaired) electrons. The number of ether oxygens (including phenoxy) is 1. The molecule has 0 saturated heterocycles. The molecule has 0 atom stereocenters. The summed E-state index contributed by atoms with van der Waals surface area (Å²) in [5, 5.41) is 12.3. The van der Waals surface area contributed by atoms with Crippen LogP contribution in [0.25, 0.3) is 22.4 Å². The molecule has 4 rings (SSSR count). The van der Waals surface area contributed by atoms with E-state index in [0.717, 1.165) is 16.8 Å². The minimum absolute atomic E-state index is 0.171. The Hall–Kier alpha value is -3.55. The summed E-state index contributed by atoms with van der Waals surface area (Å²) in [4.78, 5) is 25.0. The van der Waals surface area contributed by atoms with Gasteiger partial charge < -0.3 is 4.74 Å². The third-order valence-electron chi connectivity index (χ3n) is 4.38. The number of fused-ring (bicyclic) bond motifs is 3. The van der Waals surface area contributed by atoms with Crippen LogP contribution in [0.2, 0.25) is 0 Å². The van der Waals surface area contributed by atoms with Gasteiger partial charge in [-0.05, 0) is 44.0 Å². The number of carbonyl (C=O) groups is 1. The number of pyridine rings is 1. The topological polar surface area (TPSA) is 91.4 Å². The lowest BCUT2D eigenvalue weighted by molar-refractivity contribution is 0.0528. The molecular weight excluding hydrogens is 346 g/mol. The van der Waals surface area contributed by atoms with Crippen LogP contribution in [-0.2, 0) is 4.74 Å². The van der Waals surface area contributed by atoms with Crippen molar-refractivity contribution in [3.8, 4) is 5.69 Å². The molecule has 0 N–H and O–H groups in total. The molecule has 0 aliphatic rings. The summed E-state index contributed by atoms with van der Waals surface area (Å²) in [5.74, 6) is -0.523. The molecule has 136 valence electrons. The predicted octanol–water partition coefficient (Wildman–Crippen LogP) is 2.22. The molecule has 0 fully saturated rings. The van der Waals surface area contributed by atoms with Crippen LogP contribution in [0, 0.1) is 13.8 Å². The Balaban J connectivity index is 1.95. The largest absolute Gasteiger partial charge is 0.462 e. The van der Waals surface area contributed by atoms with Crippen molar-refractivity contribution < 1.29 is 9.53 Å². The number of nitrogens with zero attached hydrogens (tertiary/aromatic N) is 5. The lowest BCUT2D eigenvalue weighted by Crippen LogP contribution is -2.21. The SMILES string of the molecule is CCOC(=O)c1cnn2c1nnc1c(=O)n(-c3cc(C)ccc3C)ccc12. The molecule has 0 saturated carbocycles. The number of hydrogen-bond acceptors (Lipinski definition) is 6. The van der Waals surface area contributed by atoms with Crippen LogP contribution in [0.4, 0.5) is 0 Å². The van der Waals surface area contributed by atoms with Gasteiger partial charge in [-0.15, -0.1) is 10.2 Å². The zero-order valence-electron chi connectivity index (χ0n) is 15.1. The monoisotopic (exact) mass is 363 g/mol. The zero-order chi connectivity index (χ0) is 19.1. The minimum atomic E-state index is -0.523. The Morgan fingerprint density at radius 3 is 2.78 bits per heavy atom. The summed E-state index contributed by atoms with van der Waals surface area (Å²) >= 11 is 0. The van der Waals surface area contributed by atoms with E-state index in [0.29, 0.717) is 5.52 Å². The molecule has 8 nitrogen and oxygen atoms in total. The summed E-state index contributed by atoms with van der Waals surface area (Å²) in [5.41, 5.74) is 3.62. The molecule has 4 aromatic rings. The summed E-state index contributed by atoms with van der Waals surface area (Å²) in [7, 11) is 0. The Bertz CT molecular complexity index is 1260. The van der Waals surface area contributed by atoms with Gasteiger partial charge in [-0.1, -0.05) is 12.1 Å². The molecule has 0 spiro atoms. The van der Waals surface area contributed by atoms with E-state index in [-0.39, 0.29) is 28.9 Å². The van der Waals surface area contributed by atoms with Gasteiger partial charge in [-0.2, -0.15) is 5.10 Å². The van der Waals surface area contributed by atoms with Gasteiger partial charge in [0, 0.05) is 6.20 Å². The van der Waals surface area contributed by atoms with Crippen molar-refractivity contribution in [1.29, 1.82) is 0 Å². The van der Waals surface area contributed by atoms with Crippen molar-refractivity contribution in [2.45, 2.75) is 20.8 Å². The van der Waals surface area contributed by atoms with E-state index < -0.39 is 5.97 Å². The normalized spacial score (nSPS) is 11.2. The number of esters is 1. The average Bonchev–Trinajstić information content (AvgIpc) is 3.09. The van der Waals surface area contributed by atoms with Gasteiger partial charge >= 0.3 is 5.97 Å². The Kier molecular flexibility index (Phi) is 3.95. The Morgan fingerprint density at radius 2 is 2.00 bits per heavy atom.